The SMILES string of the molecule is C=C(Cl)COC(=O)c1ccc(N2C(=O)c3cccc4cccc(c34)C2=O)cc1. The number of benzene rings is 3. The minimum absolute atomic E-state index is 0.0912. The first-order valence-corrected chi connectivity index (χ1v) is 8.86. The molecule has 0 saturated heterocycles. The summed E-state index contributed by atoms with van der Waals surface area (Å²) in [6.45, 7) is 3.36. The highest BCUT2D eigenvalue weighted by molar-refractivity contribution is 6.35. The van der Waals surface area contributed by atoms with Gasteiger partial charge in [-0.2, -0.15) is 0 Å². The van der Waals surface area contributed by atoms with Crippen molar-refractivity contribution in [1.82, 2.24) is 0 Å². The third-order valence-electron chi connectivity index (χ3n) is 4.49. The first-order chi connectivity index (χ1) is 13.5. The number of amides is 2. The van der Waals surface area contributed by atoms with Crippen LogP contribution in [0.4, 0.5) is 5.69 Å². The minimum atomic E-state index is -0.570. The highest BCUT2D eigenvalue weighted by Gasteiger charge is 2.33. The van der Waals surface area contributed by atoms with Crippen molar-refractivity contribution in [3.8, 4) is 0 Å². The Balaban J connectivity index is 1.69. The topological polar surface area (TPSA) is 63.7 Å². The molecule has 0 fully saturated rings. The summed E-state index contributed by atoms with van der Waals surface area (Å²) in [5, 5.41) is 1.72. The second kappa shape index (κ2) is 6.94. The normalized spacial score (nSPS) is 13.0. The third kappa shape index (κ3) is 2.96. The van der Waals surface area contributed by atoms with Crippen molar-refractivity contribution in [2.75, 3.05) is 11.5 Å². The van der Waals surface area contributed by atoms with Gasteiger partial charge in [-0.25, -0.2) is 9.69 Å². The summed E-state index contributed by atoms with van der Waals surface area (Å²) in [7, 11) is 0. The van der Waals surface area contributed by atoms with Gasteiger partial charge in [0.25, 0.3) is 11.8 Å². The lowest BCUT2D eigenvalue weighted by atomic mass is 9.94. The fourth-order valence-electron chi connectivity index (χ4n) is 3.24. The first kappa shape index (κ1) is 17.9. The van der Waals surface area contributed by atoms with Crippen LogP contribution in [0.2, 0.25) is 0 Å². The van der Waals surface area contributed by atoms with Crippen LogP contribution >= 0.6 is 11.6 Å². The van der Waals surface area contributed by atoms with Crippen LogP contribution in [0.1, 0.15) is 31.1 Å². The summed E-state index contributed by atoms with van der Waals surface area (Å²) in [5.41, 5.74) is 1.59. The van der Waals surface area contributed by atoms with Gasteiger partial charge in [0, 0.05) is 21.5 Å². The van der Waals surface area contributed by atoms with Gasteiger partial charge in [0.15, 0.2) is 0 Å². The molecule has 1 aliphatic heterocycles. The third-order valence-corrected chi connectivity index (χ3v) is 4.60. The summed E-state index contributed by atoms with van der Waals surface area (Å²) in [6.07, 6.45) is 0. The molecule has 0 unspecified atom stereocenters. The predicted octanol–water partition coefficient (Wildman–Crippen LogP) is 4.55. The molecule has 6 heteroatoms. The average Bonchev–Trinajstić information content (AvgIpc) is 2.70. The van der Waals surface area contributed by atoms with E-state index in [4.69, 9.17) is 16.3 Å². The van der Waals surface area contributed by atoms with Crippen LogP contribution in [0.3, 0.4) is 0 Å². The van der Waals surface area contributed by atoms with Gasteiger partial charge in [-0.15, -0.1) is 0 Å². The fourth-order valence-corrected chi connectivity index (χ4v) is 3.29. The number of carbonyl (C=O) groups excluding carboxylic acids is 3. The van der Waals surface area contributed by atoms with Crippen LogP contribution < -0.4 is 4.90 Å². The maximum absolute atomic E-state index is 13.0. The van der Waals surface area contributed by atoms with Gasteiger partial charge in [-0.3, -0.25) is 9.59 Å². The number of esters is 1. The Morgan fingerprint density at radius 3 is 2.04 bits per heavy atom. The van der Waals surface area contributed by atoms with Gasteiger partial charge >= 0.3 is 5.97 Å². The number of hydrogen-bond acceptors (Lipinski definition) is 4. The molecule has 0 bridgehead atoms. The van der Waals surface area contributed by atoms with Crippen molar-refractivity contribution >= 4 is 45.8 Å². The lowest BCUT2D eigenvalue weighted by Crippen LogP contribution is -2.40. The molecular formula is C22H14ClNO4. The van der Waals surface area contributed by atoms with E-state index in [-0.39, 0.29) is 17.2 Å². The Kier molecular flexibility index (Phi) is 4.45. The molecule has 0 atom stereocenters. The van der Waals surface area contributed by atoms with Gasteiger partial charge in [0.2, 0.25) is 0 Å². The molecule has 1 heterocycles. The standard InChI is InChI=1S/C22H14ClNO4/c1-13(23)12-28-22(27)15-8-10-16(11-9-15)24-20(25)17-6-2-4-14-5-3-7-18(19(14)17)21(24)26/h2-11H,1,12H2. The highest BCUT2D eigenvalue weighted by atomic mass is 35.5. The fraction of sp³-hybridized carbons (Fsp3) is 0.0455. The van der Waals surface area contributed by atoms with E-state index in [0.29, 0.717) is 22.2 Å². The van der Waals surface area contributed by atoms with Gasteiger partial charge in [-0.05, 0) is 41.8 Å². The Hall–Kier alpha value is -3.44. The summed E-state index contributed by atoms with van der Waals surface area (Å²) in [5.74, 6) is -1.37. The predicted molar refractivity (Wildman–Crippen MR) is 107 cm³/mol. The van der Waals surface area contributed by atoms with E-state index in [0.717, 1.165) is 10.3 Å². The zero-order valence-corrected chi connectivity index (χ0v) is 15.4. The second-order valence-electron chi connectivity index (χ2n) is 6.30. The van der Waals surface area contributed by atoms with Crippen molar-refractivity contribution in [3.05, 3.63) is 89.0 Å². The monoisotopic (exact) mass is 391 g/mol. The maximum Gasteiger partial charge on any atom is 0.338 e. The van der Waals surface area contributed by atoms with E-state index in [1.807, 2.05) is 12.1 Å². The molecule has 5 nitrogen and oxygen atoms in total. The Morgan fingerprint density at radius 2 is 1.50 bits per heavy atom. The van der Waals surface area contributed by atoms with E-state index in [9.17, 15) is 14.4 Å². The van der Waals surface area contributed by atoms with Crippen LogP contribution in [0.15, 0.2) is 72.3 Å². The molecule has 0 aliphatic carbocycles. The molecule has 138 valence electrons. The van der Waals surface area contributed by atoms with Gasteiger partial charge in [0.1, 0.15) is 6.61 Å². The zero-order valence-electron chi connectivity index (χ0n) is 14.6. The van der Waals surface area contributed by atoms with Crippen LogP contribution in [-0.4, -0.2) is 24.4 Å². The lowest BCUT2D eigenvalue weighted by molar-refractivity contribution is 0.0546. The molecule has 28 heavy (non-hydrogen) atoms. The van der Waals surface area contributed by atoms with Gasteiger partial charge in [-0.1, -0.05) is 42.4 Å². The molecular weight excluding hydrogens is 378 g/mol. The van der Waals surface area contributed by atoms with Crippen LogP contribution in [0, 0.1) is 0 Å². The van der Waals surface area contributed by atoms with Crippen molar-refractivity contribution in [3.63, 3.8) is 0 Å². The smallest absolute Gasteiger partial charge is 0.338 e. The van der Waals surface area contributed by atoms with Crippen molar-refractivity contribution in [1.29, 1.82) is 0 Å². The summed E-state index contributed by atoms with van der Waals surface area (Å²) in [4.78, 5) is 39.1. The number of rotatable bonds is 4. The van der Waals surface area contributed by atoms with Crippen molar-refractivity contribution < 1.29 is 19.1 Å². The number of nitrogens with zero attached hydrogens (tertiary/aromatic N) is 1. The molecule has 3 aromatic carbocycles. The summed E-state index contributed by atoms with van der Waals surface area (Å²) >= 11 is 5.59. The molecule has 4 rings (SSSR count). The number of imide groups is 1. The molecule has 0 spiro atoms. The van der Waals surface area contributed by atoms with Crippen LogP contribution in [0.5, 0.6) is 0 Å². The lowest BCUT2D eigenvalue weighted by Gasteiger charge is -2.27. The Bertz CT molecular complexity index is 1100. The largest absolute Gasteiger partial charge is 0.456 e. The maximum atomic E-state index is 13.0. The van der Waals surface area contributed by atoms with Crippen LogP contribution in [0.25, 0.3) is 10.8 Å². The molecule has 2 amide bonds. The molecule has 0 N–H and O–H groups in total. The van der Waals surface area contributed by atoms with Crippen LogP contribution in [-0.2, 0) is 4.74 Å². The van der Waals surface area contributed by atoms with Crippen molar-refractivity contribution in [2.24, 2.45) is 0 Å². The molecule has 0 aromatic heterocycles. The minimum Gasteiger partial charge on any atom is -0.456 e. The second-order valence-corrected chi connectivity index (χ2v) is 6.83. The molecule has 0 saturated carbocycles. The van der Waals surface area contributed by atoms with E-state index >= 15 is 0 Å². The van der Waals surface area contributed by atoms with E-state index < -0.39 is 17.8 Å². The number of anilines is 1. The van der Waals surface area contributed by atoms with E-state index in [1.165, 1.54) is 24.3 Å². The zero-order chi connectivity index (χ0) is 19.8. The Labute approximate surface area is 165 Å². The molecule has 0 radical (unpaired) electrons. The quantitative estimate of drug-likeness (QED) is 0.483. The number of halogens is 1. The summed E-state index contributed by atoms with van der Waals surface area (Å²) in [6, 6.07) is 16.8. The summed E-state index contributed by atoms with van der Waals surface area (Å²) < 4.78 is 4.98. The van der Waals surface area contributed by atoms with E-state index in [2.05, 4.69) is 6.58 Å². The Morgan fingerprint density at radius 1 is 0.929 bits per heavy atom. The highest BCUT2D eigenvalue weighted by Crippen LogP contribution is 2.32. The number of ether oxygens (including phenoxy) is 1. The van der Waals surface area contributed by atoms with Crippen molar-refractivity contribution in [2.45, 2.75) is 0 Å². The van der Waals surface area contributed by atoms with Gasteiger partial charge < -0.3 is 4.74 Å². The first-order valence-electron chi connectivity index (χ1n) is 8.48. The van der Waals surface area contributed by atoms with E-state index in [1.54, 1.807) is 24.3 Å². The molecule has 3 aromatic rings. The van der Waals surface area contributed by atoms with Gasteiger partial charge in [0.05, 0.1) is 11.3 Å². The average molecular weight is 392 g/mol. The number of hydrogen-bond donors (Lipinski definition) is 0. The molecule has 1 aliphatic rings. The number of carbonyl (C=O) groups is 3.